The second kappa shape index (κ2) is 8.33. The molecule has 1 aromatic heterocycles. The van der Waals surface area contributed by atoms with Crippen molar-refractivity contribution in [2.45, 2.75) is 31.1 Å². The van der Waals surface area contributed by atoms with Crippen molar-refractivity contribution in [3.05, 3.63) is 59.4 Å². The van der Waals surface area contributed by atoms with Gasteiger partial charge in [-0.1, -0.05) is 36.9 Å². The summed E-state index contributed by atoms with van der Waals surface area (Å²) in [6, 6.07) is 11.0. The largest absolute Gasteiger partial charge is 0.490 e. The molecule has 2 N–H and O–H groups in total. The molecule has 1 aliphatic rings. The summed E-state index contributed by atoms with van der Waals surface area (Å²) < 4.78 is 5.61. The van der Waals surface area contributed by atoms with Crippen molar-refractivity contribution < 1.29 is 19.4 Å². The Balaban J connectivity index is 1.52. The average molecular weight is 372 g/mol. The summed E-state index contributed by atoms with van der Waals surface area (Å²) in [7, 11) is 0. The van der Waals surface area contributed by atoms with Crippen LogP contribution in [0.2, 0.25) is 0 Å². The molecule has 2 atom stereocenters. The number of pyridine rings is 1. The number of nitrogens with one attached hydrogen (secondary N) is 1. The fourth-order valence-electron chi connectivity index (χ4n) is 2.57. The lowest BCUT2D eigenvalue weighted by atomic mass is 10.1. The summed E-state index contributed by atoms with van der Waals surface area (Å²) in [5, 5.41) is 11.8. The summed E-state index contributed by atoms with van der Waals surface area (Å²) in [5.41, 5.74) is 2.64. The Bertz CT molecular complexity index is 777. The SMILES string of the molecule is CCc1ccc([C@H](O)COc2ccc(C[C@@H]3SC(=O)NC3=O)cc2)nc1. The number of rotatable bonds is 7. The molecule has 0 aliphatic carbocycles. The number of hydrogen-bond acceptors (Lipinski definition) is 6. The molecule has 6 nitrogen and oxygen atoms in total. The fourth-order valence-corrected chi connectivity index (χ4v) is 3.43. The summed E-state index contributed by atoms with van der Waals surface area (Å²) in [4.78, 5) is 27.0. The van der Waals surface area contributed by atoms with Gasteiger partial charge in [-0.15, -0.1) is 0 Å². The lowest BCUT2D eigenvalue weighted by molar-refractivity contribution is -0.118. The van der Waals surface area contributed by atoms with E-state index in [2.05, 4.69) is 17.2 Å². The summed E-state index contributed by atoms with van der Waals surface area (Å²) in [6.45, 7) is 2.16. The second-order valence-corrected chi connectivity index (χ2v) is 7.18. The maximum atomic E-state index is 11.6. The maximum Gasteiger partial charge on any atom is 0.286 e. The van der Waals surface area contributed by atoms with E-state index in [0.717, 1.165) is 29.3 Å². The van der Waals surface area contributed by atoms with Crippen LogP contribution in [0.1, 0.15) is 29.8 Å². The highest BCUT2D eigenvalue weighted by molar-refractivity contribution is 8.15. The van der Waals surface area contributed by atoms with Crippen molar-refractivity contribution in [1.29, 1.82) is 0 Å². The number of nitrogens with zero attached hydrogens (tertiary/aromatic N) is 1. The zero-order chi connectivity index (χ0) is 18.5. The van der Waals surface area contributed by atoms with Gasteiger partial charge in [0.05, 0.1) is 10.9 Å². The first-order chi connectivity index (χ1) is 12.5. The van der Waals surface area contributed by atoms with Crippen LogP contribution in [0.25, 0.3) is 0 Å². The van der Waals surface area contributed by atoms with Crippen LogP contribution in [-0.4, -0.2) is 33.1 Å². The zero-order valence-electron chi connectivity index (χ0n) is 14.3. The van der Waals surface area contributed by atoms with Crippen LogP contribution in [-0.2, 0) is 17.6 Å². The van der Waals surface area contributed by atoms with Gasteiger partial charge >= 0.3 is 0 Å². The molecule has 26 heavy (non-hydrogen) atoms. The number of thioether (sulfide) groups is 1. The van der Waals surface area contributed by atoms with Crippen LogP contribution in [0.3, 0.4) is 0 Å². The Morgan fingerprint density at radius 3 is 2.50 bits per heavy atom. The fraction of sp³-hybridized carbons (Fsp3) is 0.316. The second-order valence-electron chi connectivity index (χ2n) is 6.00. The molecular weight excluding hydrogens is 352 g/mol. The highest BCUT2D eigenvalue weighted by Gasteiger charge is 2.31. The van der Waals surface area contributed by atoms with Crippen LogP contribution in [0.5, 0.6) is 5.75 Å². The van der Waals surface area contributed by atoms with Gasteiger partial charge in [0.2, 0.25) is 5.91 Å². The number of amides is 2. The predicted molar refractivity (Wildman–Crippen MR) is 99.1 cm³/mol. The van der Waals surface area contributed by atoms with Crippen LogP contribution in [0.15, 0.2) is 42.6 Å². The van der Waals surface area contributed by atoms with E-state index in [-0.39, 0.29) is 23.0 Å². The molecule has 0 spiro atoms. The highest BCUT2D eigenvalue weighted by atomic mass is 32.2. The number of carbonyl (C=O) groups is 2. The molecule has 2 amide bonds. The van der Waals surface area contributed by atoms with Crippen LogP contribution in [0, 0.1) is 0 Å². The monoisotopic (exact) mass is 372 g/mol. The van der Waals surface area contributed by atoms with Gasteiger partial charge in [0.15, 0.2) is 0 Å². The summed E-state index contributed by atoms with van der Waals surface area (Å²) >= 11 is 1.02. The molecule has 2 heterocycles. The first kappa shape index (κ1) is 18.4. The van der Waals surface area contributed by atoms with Gasteiger partial charge in [0, 0.05) is 6.20 Å². The molecule has 1 fully saturated rings. The molecule has 7 heteroatoms. The third kappa shape index (κ3) is 4.62. The number of aliphatic hydroxyl groups excluding tert-OH is 1. The van der Waals surface area contributed by atoms with Crippen molar-refractivity contribution in [2.75, 3.05) is 6.61 Å². The third-order valence-electron chi connectivity index (χ3n) is 4.12. The minimum absolute atomic E-state index is 0.104. The van der Waals surface area contributed by atoms with Crippen molar-refractivity contribution in [1.82, 2.24) is 10.3 Å². The molecule has 0 radical (unpaired) electrons. The first-order valence-corrected chi connectivity index (χ1v) is 9.29. The van der Waals surface area contributed by atoms with E-state index in [1.54, 1.807) is 18.3 Å². The summed E-state index contributed by atoms with van der Waals surface area (Å²) in [6.07, 6.45) is 2.35. The molecular formula is C19H20N2O4S. The van der Waals surface area contributed by atoms with Gasteiger partial charge < -0.3 is 9.84 Å². The van der Waals surface area contributed by atoms with Crippen molar-refractivity contribution in [2.24, 2.45) is 0 Å². The number of aliphatic hydroxyl groups is 1. The molecule has 3 rings (SSSR count). The van der Waals surface area contributed by atoms with Crippen LogP contribution < -0.4 is 10.1 Å². The molecule has 0 bridgehead atoms. The lowest BCUT2D eigenvalue weighted by Crippen LogP contribution is -2.25. The molecule has 1 aromatic carbocycles. The number of imide groups is 1. The lowest BCUT2D eigenvalue weighted by Gasteiger charge is -2.13. The molecule has 136 valence electrons. The Labute approximate surface area is 156 Å². The van der Waals surface area contributed by atoms with E-state index < -0.39 is 6.10 Å². The van der Waals surface area contributed by atoms with Crippen molar-refractivity contribution in [3.8, 4) is 5.75 Å². The van der Waals surface area contributed by atoms with E-state index in [0.29, 0.717) is 17.9 Å². The smallest absolute Gasteiger partial charge is 0.286 e. The van der Waals surface area contributed by atoms with E-state index in [1.807, 2.05) is 24.3 Å². The van der Waals surface area contributed by atoms with Gasteiger partial charge in [-0.05, 0) is 42.2 Å². The van der Waals surface area contributed by atoms with Gasteiger partial charge in [0.1, 0.15) is 18.5 Å². The van der Waals surface area contributed by atoms with E-state index in [1.165, 1.54) is 0 Å². The van der Waals surface area contributed by atoms with Crippen molar-refractivity contribution in [3.63, 3.8) is 0 Å². The Kier molecular flexibility index (Phi) is 5.90. The van der Waals surface area contributed by atoms with Crippen LogP contribution in [0.4, 0.5) is 4.79 Å². The molecule has 1 saturated heterocycles. The third-order valence-corrected chi connectivity index (χ3v) is 5.10. The van der Waals surface area contributed by atoms with E-state index in [9.17, 15) is 14.7 Å². The standard InChI is InChI=1S/C19H20N2O4S/c1-2-12-5-8-15(20-10-12)16(22)11-25-14-6-3-13(4-7-14)9-17-18(23)21-19(24)26-17/h3-8,10,16-17,22H,2,9,11H2,1H3,(H,21,23,24)/t16-,17+/m1/s1. The minimum Gasteiger partial charge on any atom is -0.490 e. The number of benzene rings is 1. The summed E-state index contributed by atoms with van der Waals surface area (Å²) in [5.74, 6) is 0.377. The highest BCUT2D eigenvalue weighted by Crippen LogP contribution is 2.24. The van der Waals surface area contributed by atoms with Crippen LogP contribution >= 0.6 is 11.8 Å². The molecule has 1 aliphatic heterocycles. The Morgan fingerprint density at radius 2 is 1.92 bits per heavy atom. The van der Waals surface area contributed by atoms with Gasteiger partial charge in [0.25, 0.3) is 5.24 Å². The van der Waals surface area contributed by atoms with Gasteiger partial charge in [-0.3, -0.25) is 19.9 Å². The number of hydrogen-bond donors (Lipinski definition) is 2. The number of aryl methyl sites for hydroxylation is 1. The van der Waals surface area contributed by atoms with E-state index in [4.69, 9.17) is 4.74 Å². The zero-order valence-corrected chi connectivity index (χ0v) is 15.2. The molecule has 2 aromatic rings. The van der Waals surface area contributed by atoms with Gasteiger partial charge in [-0.25, -0.2) is 0 Å². The topological polar surface area (TPSA) is 88.5 Å². The predicted octanol–water partition coefficient (Wildman–Crippen LogP) is 2.65. The van der Waals surface area contributed by atoms with Gasteiger partial charge in [-0.2, -0.15) is 0 Å². The number of ether oxygens (including phenoxy) is 1. The Morgan fingerprint density at radius 1 is 1.19 bits per heavy atom. The van der Waals surface area contributed by atoms with E-state index >= 15 is 0 Å². The molecule has 0 unspecified atom stereocenters. The first-order valence-electron chi connectivity index (χ1n) is 8.41. The number of carbonyl (C=O) groups excluding carboxylic acids is 2. The number of aromatic nitrogens is 1. The maximum absolute atomic E-state index is 11.6. The minimum atomic E-state index is -0.801. The average Bonchev–Trinajstić information content (AvgIpc) is 2.98. The quantitative estimate of drug-likeness (QED) is 0.777. The Hall–Kier alpha value is -2.38. The van der Waals surface area contributed by atoms with Crippen molar-refractivity contribution >= 4 is 22.9 Å². The normalized spacial score (nSPS) is 17.8. The molecule has 0 saturated carbocycles.